The van der Waals surface area contributed by atoms with E-state index < -0.39 is 8.32 Å². The van der Waals surface area contributed by atoms with Gasteiger partial charge in [0.1, 0.15) is 12.4 Å². The number of hydrogen-bond donors (Lipinski definition) is 1. The Morgan fingerprint density at radius 3 is 1.68 bits per heavy atom. The normalized spacial score (nSPS) is 12.0. The van der Waals surface area contributed by atoms with E-state index in [-0.39, 0.29) is 5.04 Å². The van der Waals surface area contributed by atoms with Crippen LogP contribution in [0.1, 0.15) is 20.8 Å². The van der Waals surface area contributed by atoms with E-state index in [4.69, 9.17) is 14.9 Å². The summed E-state index contributed by atoms with van der Waals surface area (Å²) in [7, 11) is -2.50. The van der Waals surface area contributed by atoms with E-state index in [1.165, 1.54) is 10.4 Å². The van der Waals surface area contributed by atoms with Crippen molar-refractivity contribution in [1.82, 2.24) is 0 Å². The topological polar surface area (TPSA) is 44.5 Å². The van der Waals surface area contributed by atoms with E-state index in [1.54, 1.807) is 0 Å². The lowest BCUT2D eigenvalue weighted by Crippen LogP contribution is -2.66. The number of rotatable bonds is 7. The third-order valence-electron chi connectivity index (χ3n) is 4.97. The Labute approximate surface area is 169 Å². The molecule has 0 amide bonds. The Morgan fingerprint density at radius 1 is 0.714 bits per heavy atom. The van der Waals surface area contributed by atoms with Crippen LogP contribution >= 0.6 is 0 Å². The number of nitrogen functional groups attached to an aromatic ring is 1. The number of ether oxygens (including phenoxy) is 1. The molecule has 4 heteroatoms. The summed E-state index contributed by atoms with van der Waals surface area (Å²) in [6.45, 7) is 7.85. The summed E-state index contributed by atoms with van der Waals surface area (Å²) in [6.07, 6.45) is 0. The Hall–Kier alpha value is -2.56. The molecular formula is C24H29NO2Si. The first-order valence-corrected chi connectivity index (χ1v) is 11.6. The Kier molecular flexibility index (Phi) is 6.22. The van der Waals surface area contributed by atoms with Gasteiger partial charge in [0.05, 0.1) is 6.61 Å². The van der Waals surface area contributed by atoms with Gasteiger partial charge < -0.3 is 14.9 Å². The van der Waals surface area contributed by atoms with Gasteiger partial charge >= 0.3 is 0 Å². The number of hydrogen-bond acceptors (Lipinski definition) is 3. The second-order valence-electron chi connectivity index (χ2n) is 7.93. The molecule has 3 nitrogen and oxygen atoms in total. The van der Waals surface area contributed by atoms with Crippen molar-refractivity contribution in [1.29, 1.82) is 0 Å². The van der Waals surface area contributed by atoms with Crippen molar-refractivity contribution in [3.8, 4) is 5.75 Å². The SMILES string of the molecule is CC(C)(C)[Si](OCCOc1ccc(N)cc1)(c1ccccc1)c1ccccc1. The maximum atomic E-state index is 6.80. The molecule has 0 saturated heterocycles. The summed E-state index contributed by atoms with van der Waals surface area (Å²) in [5, 5.41) is 2.53. The van der Waals surface area contributed by atoms with Crippen LogP contribution in [0.5, 0.6) is 5.75 Å². The number of nitrogens with two attached hydrogens (primary N) is 1. The molecule has 146 valence electrons. The van der Waals surface area contributed by atoms with Crippen LogP contribution in [0.15, 0.2) is 84.9 Å². The molecule has 0 unspecified atom stereocenters. The van der Waals surface area contributed by atoms with Crippen molar-refractivity contribution in [3.63, 3.8) is 0 Å². The second-order valence-corrected chi connectivity index (χ2v) is 12.2. The molecule has 0 fully saturated rings. The predicted molar refractivity (Wildman–Crippen MR) is 120 cm³/mol. The maximum Gasteiger partial charge on any atom is 0.261 e. The van der Waals surface area contributed by atoms with Gasteiger partial charge in [-0.25, -0.2) is 0 Å². The quantitative estimate of drug-likeness (QED) is 0.372. The first kappa shape index (κ1) is 20.2. The lowest BCUT2D eigenvalue weighted by molar-refractivity contribution is 0.208. The zero-order valence-corrected chi connectivity index (χ0v) is 17.9. The van der Waals surface area contributed by atoms with Gasteiger partial charge in [0.2, 0.25) is 0 Å². The highest BCUT2D eigenvalue weighted by molar-refractivity contribution is 6.99. The Balaban J connectivity index is 1.87. The smallest absolute Gasteiger partial charge is 0.261 e. The van der Waals surface area contributed by atoms with E-state index in [0.29, 0.717) is 13.2 Å². The van der Waals surface area contributed by atoms with Gasteiger partial charge in [-0.15, -0.1) is 0 Å². The van der Waals surface area contributed by atoms with Gasteiger partial charge in [-0.1, -0.05) is 81.4 Å². The molecule has 2 N–H and O–H groups in total. The fraction of sp³-hybridized carbons (Fsp3) is 0.250. The second kappa shape index (κ2) is 8.63. The molecule has 28 heavy (non-hydrogen) atoms. The van der Waals surface area contributed by atoms with Gasteiger partial charge in [-0.3, -0.25) is 0 Å². The third-order valence-corrected chi connectivity index (χ3v) is 10.0. The molecule has 0 atom stereocenters. The fourth-order valence-electron chi connectivity index (χ4n) is 3.68. The van der Waals surface area contributed by atoms with Crippen LogP contribution in [0.3, 0.4) is 0 Å². The summed E-state index contributed by atoms with van der Waals surface area (Å²) >= 11 is 0. The van der Waals surface area contributed by atoms with Gasteiger partial charge in [0, 0.05) is 5.69 Å². The minimum atomic E-state index is -2.50. The predicted octanol–water partition coefficient (Wildman–Crippen LogP) is 4.22. The summed E-state index contributed by atoms with van der Waals surface area (Å²) < 4.78 is 12.7. The van der Waals surface area contributed by atoms with Crippen LogP contribution in [0.2, 0.25) is 5.04 Å². The molecule has 0 saturated carbocycles. The monoisotopic (exact) mass is 391 g/mol. The molecular weight excluding hydrogens is 362 g/mol. The van der Waals surface area contributed by atoms with Crippen molar-refractivity contribution in [2.45, 2.75) is 25.8 Å². The summed E-state index contributed by atoms with van der Waals surface area (Å²) in [5.74, 6) is 0.806. The summed E-state index contributed by atoms with van der Waals surface area (Å²) in [4.78, 5) is 0. The molecule has 0 bridgehead atoms. The largest absolute Gasteiger partial charge is 0.491 e. The highest BCUT2D eigenvalue weighted by Gasteiger charge is 2.50. The van der Waals surface area contributed by atoms with Crippen LogP contribution in [0, 0.1) is 0 Å². The number of benzene rings is 3. The van der Waals surface area contributed by atoms with E-state index in [9.17, 15) is 0 Å². The summed E-state index contributed by atoms with van der Waals surface area (Å²) in [6, 6.07) is 28.8. The van der Waals surface area contributed by atoms with Gasteiger partial charge in [0.15, 0.2) is 0 Å². The van der Waals surface area contributed by atoms with Gasteiger partial charge in [-0.05, 0) is 39.7 Å². The zero-order chi connectivity index (χ0) is 20.0. The van der Waals surface area contributed by atoms with Crippen molar-refractivity contribution >= 4 is 24.4 Å². The van der Waals surface area contributed by atoms with Gasteiger partial charge in [0.25, 0.3) is 8.32 Å². The molecule has 0 radical (unpaired) electrons. The molecule has 0 aliphatic carbocycles. The van der Waals surface area contributed by atoms with Crippen LogP contribution in [-0.4, -0.2) is 21.5 Å². The highest BCUT2D eigenvalue weighted by atomic mass is 28.4. The molecule has 0 aromatic heterocycles. The van der Waals surface area contributed by atoms with Crippen molar-refractivity contribution in [2.24, 2.45) is 0 Å². The maximum absolute atomic E-state index is 6.80. The molecule has 0 spiro atoms. The summed E-state index contributed by atoms with van der Waals surface area (Å²) in [5.41, 5.74) is 6.47. The standard InChI is InChI=1S/C24H29NO2Si/c1-24(2,3)28(22-10-6-4-7-11-22,23-12-8-5-9-13-23)27-19-18-26-21-16-14-20(25)15-17-21/h4-17H,18-19,25H2,1-3H3. The van der Waals surface area contributed by atoms with Crippen molar-refractivity contribution in [2.75, 3.05) is 18.9 Å². The highest BCUT2D eigenvalue weighted by Crippen LogP contribution is 2.36. The van der Waals surface area contributed by atoms with Crippen molar-refractivity contribution in [3.05, 3.63) is 84.9 Å². The van der Waals surface area contributed by atoms with Crippen LogP contribution in [-0.2, 0) is 4.43 Å². The van der Waals surface area contributed by atoms with Gasteiger partial charge in [-0.2, -0.15) is 0 Å². The zero-order valence-electron chi connectivity index (χ0n) is 16.9. The minimum Gasteiger partial charge on any atom is -0.491 e. The van der Waals surface area contributed by atoms with E-state index >= 15 is 0 Å². The van der Waals surface area contributed by atoms with E-state index in [0.717, 1.165) is 11.4 Å². The average Bonchev–Trinajstić information content (AvgIpc) is 2.70. The first-order chi connectivity index (χ1) is 13.4. The Morgan fingerprint density at radius 2 is 1.21 bits per heavy atom. The van der Waals surface area contributed by atoms with E-state index in [2.05, 4.69) is 81.4 Å². The van der Waals surface area contributed by atoms with Crippen LogP contribution in [0.4, 0.5) is 5.69 Å². The molecule has 3 rings (SSSR count). The molecule has 0 aliphatic rings. The minimum absolute atomic E-state index is 0.0308. The number of anilines is 1. The lowest BCUT2D eigenvalue weighted by Gasteiger charge is -2.43. The molecule has 3 aromatic carbocycles. The molecule has 0 aliphatic heterocycles. The van der Waals surface area contributed by atoms with Crippen LogP contribution in [0.25, 0.3) is 0 Å². The molecule has 3 aromatic rings. The Bertz CT molecular complexity index is 819. The fourth-order valence-corrected chi connectivity index (χ4v) is 8.22. The lowest BCUT2D eigenvalue weighted by atomic mass is 10.2. The average molecular weight is 392 g/mol. The third kappa shape index (κ3) is 4.29. The van der Waals surface area contributed by atoms with Crippen molar-refractivity contribution < 1.29 is 9.16 Å². The molecule has 0 heterocycles. The van der Waals surface area contributed by atoms with E-state index in [1.807, 2.05) is 24.3 Å². The van der Waals surface area contributed by atoms with Crippen LogP contribution < -0.4 is 20.8 Å². The first-order valence-electron chi connectivity index (χ1n) is 9.67.